The number of carbonyl (C=O) groups excluding carboxylic acids is 1. The van der Waals surface area contributed by atoms with Gasteiger partial charge < -0.3 is 14.5 Å². The molecule has 1 aromatic heterocycles. The van der Waals surface area contributed by atoms with E-state index in [1.807, 2.05) is 13.0 Å². The molecule has 0 fully saturated rings. The molecular formula is C17H14FNO3. The van der Waals surface area contributed by atoms with Gasteiger partial charge in [-0.2, -0.15) is 0 Å². The normalized spacial score (nSPS) is 10.7. The molecule has 1 N–H and O–H groups in total. The van der Waals surface area contributed by atoms with Gasteiger partial charge in [-0.15, -0.1) is 0 Å². The van der Waals surface area contributed by atoms with E-state index in [4.69, 9.17) is 9.15 Å². The second-order valence-corrected chi connectivity index (χ2v) is 4.88. The van der Waals surface area contributed by atoms with Gasteiger partial charge in [0.25, 0.3) is 5.91 Å². The predicted molar refractivity (Wildman–Crippen MR) is 81.9 cm³/mol. The van der Waals surface area contributed by atoms with E-state index in [1.54, 1.807) is 19.2 Å². The van der Waals surface area contributed by atoms with Gasteiger partial charge in [-0.3, -0.25) is 4.79 Å². The van der Waals surface area contributed by atoms with Crippen LogP contribution >= 0.6 is 0 Å². The molecule has 0 spiro atoms. The summed E-state index contributed by atoms with van der Waals surface area (Å²) in [5, 5.41) is 3.51. The number of benzene rings is 2. The number of carbonyl (C=O) groups is 1. The van der Waals surface area contributed by atoms with E-state index in [9.17, 15) is 9.18 Å². The highest BCUT2D eigenvalue weighted by Crippen LogP contribution is 2.29. The number of halogens is 1. The number of rotatable bonds is 3. The SMILES string of the molecule is COc1ccc2oc(C(=O)Nc3ccc(F)cc3)c(C)c2c1. The first-order valence-corrected chi connectivity index (χ1v) is 6.72. The Hall–Kier alpha value is -2.82. The van der Waals surface area contributed by atoms with E-state index in [2.05, 4.69) is 5.32 Å². The second kappa shape index (κ2) is 5.52. The first-order valence-electron chi connectivity index (χ1n) is 6.72. The summed E-state index contributed by atoms with van der Waals surface area (Å²) in [6.07, 6.45) is 0. The fourth-order valence-corrected chi connectivity index (χ4v) is 2.26. The maximum atomic E-state index is 12.9. The molecule has 0 bridgehead atoms. The molecule has 0 unspecified atom stereocenters. The fraction of sp³-hybridized carbons (Fsp3) is 0.118. The monoisotopic (exact) mass is 299 g/mol. The van der Waals surface area contributed by atoms with E-state index in [0.717, 1.165) is 10.9 Å². The Bertz CT molecular complexity index is 837. The number of aryl methyl sites for hydroxylation is 1. The summed E-state index contributed by atoms with van der Waals surface area (Å²) in [6, 6.07) is 10.9. The van der Waals surface area contributed by atoms with Gasteiger partial charge in [0.15, 0.2) is 5.76 Å². The molecule has 3 rings (SSSR count). The van der Waals surface area contributed by atoms with Crippen molar-refractivity contribution in [1.82, 2.24) is 0 Å². The average molecular weight is 299 g/mol. The van der Waals surface area contributed by atoms with Crippen molar-refractivity contribution in [2.75, 3.05) is 12.4 Å². The minimum Gasteiger partial charge on any atom is -0.497 e. The van der Waals surface area contributed by atoms with E-state index in [1.165, 1.54) is 24.3 Å². The Morgan fingerprint density at radius 2 is 1.91 bits per heavy atom. The van der Waals surface area contributed by atoms with Crippen LogP contribution in [0, 0.1) is 12.7 Å². The lowest BCUT2D eigenvalue weighted by molar-refractivity contribution is 0.0998. The van der Waals surface area contributed by atoms with Crippen LogP contribution in [-0.2, 0) is 0 Å². The zero-order valence-electron chi connectivity index (χ0n) is 12.1. The summed E-state index contributed by atoms with van der Waals surface area (Å²) in [5.41, 5.74) is 1.85. The summed E-state index contributed by atoms with van der Waals surface area (Å²) >= 11 is 0. The number of ether oxygens (including phenoxy) is 1. The number of hydrogen-bond acceptors (Lipinski definition) is 3. The highest BCUT2D eigenvalue weighted by atomic mass is 19.1. The number of methoxy groups -OCH3 is 1. The molecule has 1 heterocycles. The second-order valence-electron chi connectivity index (χ2n) is 4.88. The summed E-state index contributed by atoms with van der Waals surface area (Å²) < 4.78 is 23.7. The van der Waals surface area contributed by atoms with Gasteiger partial charge in [0, 0.05) is 16.6 Å². The van der Waals surface area contributed by atoms with Crippen molar-refractivity contribution in [3.8, 4) is 5.75 Å². The van der Waals surface area contributed by atoms with Crippen molar-refractivity contribution in [1.29, 1.82) is 0 Å². The van der Waals surface area contributed by atoms with Gasteiger partial charge in [0.2, 0.25) is 0 Å². The van der Waals surface area contributed by atoms with Gasteiger partial charge in [-0.05, 0) is 49.4 Å². The van der Waals surface area contributed by atoms with Crippen LogP contribution in [0.25, 0.3) is 11.0 Å². The number of hydrogen-bond donors (Lipinski definition) is 1. The van der Waals surface area contributed by atoms with Gasteiger partial charge >= 0.3 is 0 Å². The van der Waals surface area contributed by atoms with Crippen LogP contribution in [0.3, 0.4) is 0 Å². The Morgan fingerprint density at radius 1 is 1.18 bits per heavy atom. The van der Waals surface area contributed by atoms with E-state index in [0.29, 0.717) is 17.0 Å². The Labute approximate surface area is 126 Å². The standard InChI is InChI=1S/C17H14FNO3/c1-10-14-9-13(21-2)7-8-15(14)22-16(10)17(20)19-12-5-3-11(18)4-6-12/h3-9H,1-2H3,(H,19,20). The lowest BCUT2D eigenvalue weighted by Gasteiger charge is -2.03. The van der Waals surface area contributed by atoms with Crippen LogP contribution in [0.15, 0.2) is 46.9 Å². The lowest BCUT2D eigenvalue weighted by Crippen LogP contribution is -2.12. The van der Waals surface area contributed by atoms with Crippen LogP contribution in [0.2, 0.25) is 0 Å². The molecule has 0 aliphatic rings. The number of furan rings is 1. The molecule has 0 aliphatic carbocycles. The molecule has 5 heteroatoms. The van der Waals surface area contributed by atoms with Crippen molar-refractivity contribution < 1.29 is 18.3 Å². The third-order valence-electron chi connectivity index (χ3n) is 3.45. The largest absolute Gasteiger partial charge is 0.497 e. The van der Waals surface area contributed by atoms with Crippen molar-refractivity contribution in [2.24, 2.45) is 0 Å². The molecule has 3 aromatic rings. The smallest absolute Gasteiger partial charge is 0.291 e. The molecule has 4 nitrogen and oxygen atoms in total. The van der Waals surface area contributed by atoms with Gasteiger partial charge in [0.1, 0.15) is 17.1 Å². The Kier molecular flexibility index (Phi) is 3.55. The third-order valence-corrected chi connectivity index (χ3v) is 3.45. The first kappa shape index (κ1) is 14.1. The zero-order valence-corrected chi connectivity index (χ0v) is 12.1. The van der Waals surface area contributed by atoms with Gasteiger partial charge in [-0.25, -0.2) is 4.39 Å². The topological polar surface area (TPSA) is 51.5 Å². The Morgan fingerprint density at radius 3 is 2.59 bits per heavy atom. The average Bonchev–Trinajstić information content (AvgIpc) is 2.86. The molecule has 2 aromatic carbocycles. The van der Waals surface area contributed by atoms with Crippen molar-refractivity contribution in [3.63, 3.8) is 0 Å². The molecule has 0 saturated heterocycles. The third kappa shape index (κ3) is 2.53. The predicted octanol–water partition coefficient (Wildman–Crippen LogP) is 4.14. The summed E-state index contributed by atoms with van der Waals surface area (Å²) in [5.74, 6) is 0.193. The molecule has 112 valence electrons. The number of fused-ring (bicyclic) bond motifs is 1. The summed E-state index contributed by atoms with van der Waals surface area (Å²) in [7, 11) is 1.58. The van der Waals surface area contributed by atoms with Crippen molar-refractivity contribution in [2.45, 2.75) is 6.92 Å². The van der Waals surface area contributed by atoms with Gasteiger partial charge in [0.05, 0.1) is 7.11 Å². The van der Waals surface area contributed by atoms with E-state index >= 15 is 0 Å². The first-order chi connectivity index (χ1) is 10.6. The molecule has 0 saturated carbocycles. The van der Waals surface area contributed by atoms with Crippen LogP contribution in [0.5, 0.6) is 5.75 Å². The highest BCUT2D eigenvalue weighted by Gasteiger charge is 2.18. The minimum atomic E-state index is -0.376. The molecule has 22 heavy (non-hydrogen) atoms. The zero-order chi connectivity index (χ0) is 15.7. The van der Waals surface area contributed by atoms with E-state index < -0.39 is 0 Å². The highest BCUT2D eigenvalue weighted by molar-refractivity contribution is 6.06. The number of amides is 1. The number of nitrogens with one attached hydrogen (secondary N) is 1. The van der Waals surface area contributed by atoms with Crippen LogP contribution in [-0.4, -0.2) is 13.0 Å². The fourth-order valence-electron chi connectivity index (χ4n) is 2.26. The molecular weight excluding hydrogens is 285 g/mol. The number of anilines is 1. The van der Waals surface area contributed by atoms with Gasteiger partial charge in [-0.1, -0.05) is 0 Å². The molecule has 1 amide bonds. The van der Waals surface area contributed by atoms with Crippen LogP contribution in [0.4, 0.5) is 10.1 Å². The molecule has 0 aliphatic heterocycles. The molecule has 0 atom stereocenters. The van der Waals surface area contributed by atoms with Crippen LogP contribution in [0.1, 0.15) is 16.1 Å². The van der Waals surface area contributed by atoms with E-state index in [-0.39, 0.29) is 17.5 Å². The van der Waals surface area contributed by atoms with Crippen molar-refractivity contribution in [3.05, 3.63) is 59.6 Å². The summed E-state index contributed by atoms with van der Waals surface area (Å²) in [4.78, 5) is 12.3. The van der Waals surface area contributed by atoms with Crippen molar-refractivity contribution >= 4 is 22.6 Å². The maximum Gasteiger partial charge on any atom is 0.291 e. The summed E-state index contributed by atoms with van der Waals surface area (Å²) in [6.45, 7) is 1.81. The molecule has 0 radical (unpaired) electrons. The van der Waals surface area contributed by atoms with Crippen LogP contribution < -0.4 is 10.1 Å². The maximum absolute atomic E-state index is 12.9. The minimum absolute atomic E-state index is 0.229. The Balaban J connectivity index is 1.93. The lowest BCUT2D eigenvalue weighted by atomic mass is 10.1. The quantitative estimate of drug-likeness (QED) is 0.790.